The van der Waals surface area contributed by atoms with Crippen LogP contribution in [0.25, 0.3) is 0 Å². The lowest BCUT2D eigenvalue weighted by atomic mass is 10.3. The summed E-state index contributed by atoms with van der Waals surface area (Å²) in [5.74, 6) is -4.69. The molecule has 5 nitrogen and oxygen atoms in total. The number of nitrogens with zero attached hydrogens (tertiary/aromatic N) is 1. The number of anilines is 2. The van der Waals surface area contributed by atoms with Gasteiger partial charge in [-0.05, 0) is 19.1 Å². The molecule has 0 radical (unpaired) electrons. The Kier molecular flexibility index (Phi) is 3.92. The van der Waals surface area contributed by atoms with E-state index in [4.69, 9.17) is 4.52 Å². The second kappa shape index (κ2) is 5.64. The van der Waals surface area contributed by atoms with Gasteiger partial charge in [-0.2, -0.15) is 0 Å². The summed E-state index contributed by atoms with van der Waals surface area (Å²) in [6.07, 6.45) is 0. The van der Waals surface area contributed by atoms with E-state index in [1.165, 1.54) is 6.07 Å². The molecule has 0 bridgehead atoms. The minimum absolute atomic E-state index is 0.139. The number of nitrogens with one attached hydrogen (secondary N) is 2. The van der Waals surface area contributed by atoms with Gasteiger partial charge in [0.1, 0.15) is 0 Å². The van der Waals surface area contributed by atoms with E-state index in [1.807, 2.05) is 0 Å². The van der Waals surface area contributed by atoms with Crippen molar-refractivity contribution >= 4 is 17.5 Å². The van der Waals surface area contributed by atoms with Gasteiger partial charge >= 0.3 is 0 Å². The maximum atomic E-state index is 13.3. The third-order valence-corrected chi connectivity index (χ3v) is 2.37. The number of hydrogen-bond donors (Lipinski definition) is 2. The van der Waals surface area contributed by atoms with Crippen molar-refractivity contribution < 1.29 is 22.5 Å². The molecule has 0 atom stereocenters. The highest BCUT2D eigenvalue weighted by Gasteiger charge is 2.14. The van der Waals surface area contributed by atoms with Crippen LogP contribution in [-0.2, 0) is 4.79 Å². The molecular weight excluding hydrogens is 275 g/mol. The molecule has 0 unspecified atom stereocenters. The number of benzene rings is 1. The fourth-order valence-electron chi connectivity index (χ4n) is 1.44. The second-order valence-corrected chi connectivity index (χ2v) is 3.96. The molecule has 0 aliphatic rings. The zero-order valence-electron chi connectivity index (χ0n) is 10.3. The number of hydrogen-bond acceptors (Lipinski definition) is 4. The average molecular weight is 285 g/mol. The Morgan fingerprint density at radius 3 is 2.70 bits per heavy atom. The molecule has 0 fully saturated rings. The standard InChI is InChI=1S/C12H10F3N3O2/c1-6-4-10(20-18-6)17-9(19)5-16-8-3-2-7(13)11(14)12(8)15/h2-4,16H,5H2,1H3,(H,17,19). The van der Waals surface area contributed by atoms with E-state index < -0.39 is 23.4 Å². The minimum atomic E-state index is -1.60. The van der Waals surface area contributed by atoms with Crippen LogP contribution in [0.1, 0.15) is 5.69 Å². The SMILES string of the molecule is Cc1cc(NC(=O)CNc2ccc(F)c(F)c2F)on1. The Morgan fingerprint density at radius 2 is 2.05 bits per heavy atom. The summed E-state index contributed by atoms with van der Waals surface area (Å²) in [6, 6.07) is 3.26. The third-order valence-electron chi connectivity index (χ3n) is 2.37. The topological polar surface area (TPSA) is 67.2 Å². The lowest BCUT2D eigenvalue weighted by molar-refractivity contribution is -0.114. The number of carbonyl (C=O) groups is 1. The van der Waals surface area contributed by atoms with Crippen LogP contribution in [0.2, 0.25) is 0 Å². The van der Waals surface area contributed by atoms with Gasteiger partial charge in [0.15, 0.2) is 17.5 Å². The highest BCUT2D eigenvalue weighted by atomic mass is 19.2. The summed E-state index contributed by atoms with van der Waals surface area (Å²) in [5.41, 5.74) is 0.271. The lowest BCUT2D eigenvalue weighted by Crippen LogP contribution is -2.22. The van der Waals surface area contributed by atoms with E-state index in [1.54, 1.807) is 6.92 Å². The first-order valence-corrected chi connectivity index (χ1v) is 5.58. The normalized spacial score (nSPS) is 10.4. The zero-order valence-corrected chi connectivity index (χ0v) is 10.3. The Balaban J connectivity index is 1.95. The summed E-state index contributed by atoms with van der Waals surface area (Å²) < 4.78 is 43.7. The van der Waals surface area contributed by atoms with Crippen molar-refractivity contribution in [2.24, 2.45) is 0 Å². The van der Waals surface area contributed by atoms with Gasteiger partial charge in [-0.3, -0.25) is 10.1 Å². The number of rotatable bonds is 4. The van der Waals surface area contributed by atoms with Crippen molar-refractivity contribution in [1.29, 1.82) is 0 Å². The molecule has 2 N–H and O–H groups in total. The Morgan fingerprint density at radius 1 is 1.30 bits per heavy atom. The maximum Gasteiger partial charge on any atom is 0.246 e. The molecule has 1 aromatic carbocycles. The Bertz CT molecular complexity index is 643. The summed E-state index contributed by atoms with van der Waals surface area (Å²) in [6.45, 7) is 1.33. The summed E-state index contributed by atoms with van der Waals surface area (Å²) in [7, 11) is 0. The largest absolute Gasteiger partial charge is 0.374 e. The molecule has 20 heavy (non-hydrogen) atoms. The van der Waals surface area contributed by atoms with Crippen molar-refractivity contribution in [3.8, 4) is 0 Å². The van der Waals surface area contributed by atoms with Gasteiger partial charge in [0.25, 0.3) is 0 Å². The van der Waals surface area contributed by atoms with E-state index in [2.05, 4.69) is 15.8 Å². The summed E-state index contributed by atoms with van der Waals surface area (Å²) >= 11 is 0. The first-order valence-electron chi connectivity index (χ1n) is 5.58. The van der Waals surface area contributed by atoms with Crippen LogP contribution in [0.5, 0.6) is 0 Å². The first kappa shape index (κ1) is 13.9. The fraction of sp³-hybridized carbons (Fsp3) is 0.167. The number of carbonyl (C=O) groups excluding carboxylic acids is 1. The van der Waals surface area contributed by atoms with Crippen LogP contribution in [0.15, 0.2) is 22.7 Å². The van der Waals surface area contributed by atoms with Gasteiger partial charge < -0.3 is 9.84 Å². The smallest absolute Gasteiger partial charge is 0.246 e. The number of halogens is 3. The van der Waals surface area contributed by atoms with Gasteiger partial charge in [0.05, 0.1) is 17.9 Å². The molecule has 1 heterocycles. The Hall–Kier alpha value is -2.51. The summed E-state index contributed by atoms with van der Waals surface area (Å²) in [4.78, 5) is 11.5. The maximum absolute atomic E-state index is 13.3. The molecule has 2 rings (SSSR count). The highest BCUT2D eigenvalue weighted by molar-refractivity contribution is 5.92. The molecule has 8 heteroatoms. The molecule has 0 saturated carbocycles. The Labute approximate surface area is 111 Å². The number of aromatic nitrogens is 1. The van der Waals surface area contributed by atoms with Crippen LogP contribution in [0.4, 0.5) is 24.7 Å². The van der Waals surface area contributed by atoms with Crippen LogP contribution in [0.3, 0.4) is 0 Å². The van der Waals surface area contributed by atoms with Gasteiger partial charge in [0, 0.05) is 6.07 Å². The molecular formula is C12H10F3N3O2. The molecule has 106 valence electrons. The van der Waals surface area contributed by atoms with Crippen LogP contribution >= 0.6 is 0 Å². The third kappa shape index (κ3) is 3.08. The fourth-order valence-corrected chi connectivity index (χ4v) is 1.44. The van der Waals surface area contributed by atoms with E-state index in [0.717, 1.165) is 12.1 Å². The van der Waals surface area contributed by atoms with Crippen molar-refractivity contribution in [2.45, 2.75) is 6.92 Å². The molecule has 0 aliphatic heterocycles. The molecule has 0 spiro atoms. The molecule has 0 saturated heterocycles. The quantitative estimate of drug-likeness (QED) is 0.847. The van der Waals surface area contributed by atoms with Gasteiger partial charge in [-0.1, -0.05) is 5.16 Å². The van der Waals surface area contributed by atoms with Crippen LogP contribution in [0, 0.1) is 24.4 Å². The predicted octanol–water partition coefficient (Wildman–Crippen LogP) is 2.45. The van der Waals surface area contributed by atoms with Gasteiger partial charge in [-0.25, -0.2) is 13.2 Å². The molecule has 2 aromatic rings. The molecule has 0 aliphatic carbocycles. The number of amides is 1. The van der Waals surface area contributed by atoms with Gasteiger partial charge in [-0.15, -0.1) is 0 Å². The van der Waals surface area contributed by atoms with E-state index in [0.29, 0.717) is 5.69 Å². The van der Waals surface area contributed by atoms with Crippen LogP contribution < -0.4 is 10.6 Å². The highest BCUT2D eigenvalue weighted by Crippen LogP contribution is 2.19. The van der Waals surface area contributed by atoms with Crippen LogP contribution in [-0.4, -0.2) is 17.6 Å². The van der Waals surface area contributed by atoms with Gasteiger partial charge in [0.2, 0.25) is 11.8 Å². The van der Waals surface area contributed by atoms with E-state index in [9.17, 15) is 18.0 Å². The average Bonchev–Trinajstić information content (AvgIpc) is 2.80. The van der Waals surface area contributed by atoms with Crippen molar-refractivity contribution in [3.63, 3.8) is 0 Å². The summed E-state index contributed by atoms with van der Waals surface area (Å²) in [5, 5.41) is 8.27. The van der Waals surface area contributed by atoms with E-state index >= 15 is 0 Å². The van der Waals surface area contributed by atoms with Crippen molar-refractivity contribution in [1.82, 2.24) is 5.16 Å². The molecule has 1 amide bonds. The first-order chi connectivity index (χ1) is 9.47. The molecule has 1 aromatic heterocycles. The predicted molar refractivity (Wildman–Crippen MR) is 64.7 cm³/mol. The van der Waals surface area contributed by atoms with E-state index in [-0.39, 0.29) is 18.1 Å². The van der Waals surface area contributed by atoms with Crippen molar-refractivity contribution in [2.75, 3.05) is 17.2 Å². The minimum Gasteiger partial charge on any atom is -0.374 e. The lowest BCUT2D eigenvalue weighted by Gasteiger charge is -2.07. The number of aryl methyl sites for hydroxylation is 1. The van der Waals surface area contributed by atoms with Crippen molar-refractivity contribution in [3.05, 3.63) is 41.3 Å². The zero-order chi connectivity index (χ0) is 14.7. The monoisotopic (exact) mass is 285 g/mol. The second-order valence-electron chi connectivity index (χ2n) is 3.96.